The highest BCUT2D eigenvalue weighted by Gasteiger charge is 2.22. The van der Waals surface area contributed by atoms with Crippen molar-refractivity contribution in [3.8, 4) is 0 Å². The summed E-state index contributed by atoms with van der Waals surface area (Å²) < 4.78 is 1.08. The number of rotatable bonds is 6. The number of benzene rings is 1. The molecule has 0 saturated heterocycles. The highest BCUT2D eigenvalue weighted by atomic mass is 79.9. The van der Waals surface area contributed by atoms with E-state index in [1.54, 1.807) is 0 Å². The Hall–Kier alpha value is -0.870. The van der Waals surface area contributed by atoms with Gasteiger partial charge < -0.3 is 10.6 Å². The Morgan fingerprint density at radius 2 is 2.28 bits per heavy atom. The van der Waals surface area contributed by atoms with E-state index in [9.17, 15) is 4.79 Å². The van der Waals surface area contributed by atoms with E-state index in [1.807, 2.05) is 12.1 Å². The van der Waals surface area contributed by atoms with Gasteiger partial charge in [-0.1, -0.05) is 28.1 Å². The zero-order chi connectivity index (χ0) is 13.0. The molecule has 3 nitrogen and oxygen atoms in total. The minimum Gasteiger partial charge on any atom is -0.353 e. The van der Waals surface area contributed by atoms with Crippen molar-refractivity contribution in [3.63, 3.8) is 0 Å². The Morgan fingerprint density at radius 1 is 1.50 bits per heavy atom. The van der Waals surface area contributed by atoms with Gasteiger partial charge in [-0.05, 0) is 37.5 Å². The van der Waals surface area contributed by atoms with Crippen molar-refractivity contribution in [1.29, 1.82) is 0 Å². The third kappa shape index (κ3) is 4.42. The molecule has 0 heterocycles. The Kier molecular flexibility index (Phi) is 4.78. The summed E-state index contributed by atoms with van der Waals surface area (Å²) in [4.78, 5) is 11.5. The summed E-state index contributed by atoms with van der Waals surface area (Å²) in [5.41, 5.74) is 1.23. The van der Waals surface area contributed by atoms with Crippen LogP contribution in [0.2, 0.25) is 0 Å². The molecule has 18 heavy (non-hydrogen) atoms. The molecular formula is C14H19BrN2O. The first kappa shape index (κ1) is 13.6. The summed E-state index contributed by atoms with van der Waals surface area (Å²) in [6.07, 6.45) is 2.84. The molecule has 1 saturated carbocycles. The van der Waals surface area contributed by atoms with Crippen molar-refractivity contribution in [3.05, 3.63) is 34.3 Å². The van der Waals surface area contributed by atoms with Crippen molar-refractivity contribution < 1.29 is 4.79 Å². The van der Waals surface area contributed by atoms with Crippen LogP contribution in [0.3, 0.4) is 0 Å². The van der Waals surface area contributed by atoms with Crippen LogP contribution >= 0.6 is 15.9 Å². The number of halogens is 1. The van der Waals surface area contributed by atoms with Crippen LogP contribution in [0.1, 0.15) is 37.8 Å². The minimum absolute atomic E-state index is 0.159. The van der Waals surface area contributed by atoms with Gasteiger partial charge in [-0.2, -0.15) is 0 Å². The maximum Gasteiger partial charge on any atom is 0.221 e. The van der Waals surface area contributed by atoms with E-state index in [0.717, 1.165) is 17.3 Å². The zero-order valence-electron chi connectivity index (χ0n) is 10.6. The molecule has 1 aromatic rings. The summed E-state index contributed by atoms with van der Waals surface area (Å²) in [7, 11) is 0. The molecule has 4 heteroatoms. The van der Waals surface area contributed by atoms with Crippen LogP contribution in [-0.2, 0) is 4.79 Å². The molecule has 1 aromatic carbocycles. The Morgan fingerprint density at radius 3 is 2.94 bits per heavy atom. The van der Waals surface area contributed by atoms with E-state index < -0.39 is 0 Å². The Balaban J connectivity index is 1.70. The fraction of sp³-hybridized carbons (Fsp3) is 0.500. The standard InChI is InChI=1S/C14H19BrN2O/c1-10(11-3-2-4-12(15)9-11)16-8-7-14(18)17-13-5-6-13/h2-4,9-10,13,16H,5-8H2,1H3,(H,17,18)/t10-/m0/s1. The fourth-order valence-corrected chi connectivity index (χ4v) is 2.24. The van der Waals surface area contributed by atoms with Gasteiger partial charge in [0.15, 0.2) is 0 Å². The van der Waals surface area contributed by atoms with Gasteiger partial charge in [-0.3, -0.25) is 4.79 Å². The molecule has 0 unspecified atom stereocenters. The van der Waals surface area contributed by atoms with Gasteiger partial charge in [0.2, 0.25) is 5.91 Å². The van der Waals surface area contributed by atoms with Gasteiger partial charge in [0.25, 0.3) is 0 Å². The van der Waals surface area contributed by atoms with E-state index in [0.29, 0.717) is 19.0 Å². The van der Waals surface area contributed by atoms with E-state index in [2.05, 4.69) is 45.6 Å². The molecule has 1 atom stereocenters. The number of amides is 1. The number of hydrogen-bond acceptors (Lipinski definition) is 2. The molecule has 1 aliphatic carbocycles. The summed E-state index contributed by atoms with van der Waals surface area (Å²) in [5.74, 6) is 0.159. The van der Waals surface area contributed by atoms with Crippen molar-refractivity contribution in [1.82, 2.24) is 10.6 Å². The third-order valence-corrected chi connectivity index (χ3v) is 3.59. The Labute approximate surface area is 116 Å². The number of carbonyl (C=O) groups is 1. The smallest absolute Gasteiger partial charge is 0.221 e. The predicted molar refractivity (Wildman–Crippen MR) is 76.3 cm³/mol. The number of nitrogens with one attached hydrogen (secondary N) is 2. The van der Waals surface area contributed by atoms with E-state index in [1.165, 1.54) is 5.56 Å². The minimum atomic E-state index is 0.159. The lowest BCUT2D eigenvalue weighted by Gasteiger charge is -2.14. The topological polar surface area (TPSA) is 41.1 Å². The molecule has 1 aliphatic rings. The predicted octanol–water partition coefficient (Wildman–Crippen LogP) is 2.77. The highest BCUT2D eigenvalue weighted by Crippen LogP contribution is 2.19. The van der Waals surface area contributed by atoms with Crippen LogP contribution in [0.4, 0.5) is 0 Å². The van der Waals surface area contributed by atoms with Crippen molar-refractivity contribution in [2.45, 2.75) is 38.3 Å². The average molecular weight is 311 g/mol. The van der Waals surface area contributed by atoms with Gasteiger partial charge in [0, 0.05) is 29.5 Å². The molecule has 0 radical (unpaired) electrons. The third-order valence-electron chi connectivity index (χ3n) is 3.09. The fourth-order valence-electron chi connectivity index (χ4n) is 1.82. The number of hydrogen-bond donors (Lipinski definition) is 2. The van der Waals surface area contributed by atoms with Crippen LogP contribution in [0, 0.1) is 0 Å². The van der Waals surface area contributed by atoms with Gasteiger partial charge >= 0.3 is 0 Å². The monoisotopic (exact) mass is 310 g/mol. The first-order chi connectivity index (χ1) is 8.65. The molecule has 2 N–H and O–H groups in total. The van der Waals surface area contributed by atoms with Gasteiger partial charge in [0.1, 0.15) is 0 Å². The summed E-state index contributed by atoms with van der Waals surface area (Å²) in [6.45, 7) is 2.83. The molecule has 0 aromatic heterocycles. The molecule has 0 spiro atoms. The first-order valence-electron chi connectivity index (χ1n) is 6.43. The SMILES string of the molecule is C[C@H](NCCC(=O)NC1CC1)c1cccc(Br)c1. The highest BCUT2D eigenvalue weighted by molar-refractivity contribution is 9.10. The molecule has 1 amide bonds. The van der Waals surface area contributed by atoms with Crippen molar-refractivity contribution in [2.24, 2.45) is 0 Å². The lowest BCUT2D eigenvalue weighted by molar-refractivity contribution is -0.121. The van der Waals surface area contributed by atoms with E-state index in [4.69, 9.17) is 0 Å². The van der Waals surface area contributed by atoms with Crippen molar-refractivity contribution >= 4 is 21.8 Å². The lowest BCUT2D eigenvalue weighted by atomic mass is 10.1. The second-order valence-corrected chi connectivity index (χ2v) is 5.74. The summed E-state index contributed by atoms with van der Waals surface area (Å²) >= 11 is 3.46. The molecule has 2 rings (SSSR count). The van der Waals surface area contributed by atoms with E-state index >= 15 is 0 Å². The average Bonchev–Trinajstić information content (AvgIpc) is 3.12. The quantitative estimate of drug-likeness (QED) is 0.848. The van der Waals surface area contributed by atoms with Crippen molar-refractivity contribution in [2.75, 3.05) is 6.54 Å². The molecule has 0 aliphatic heterocycles. The first-order valence-corrected chi connectivity index (χ1v) is 7.22. The molecule has 98 valence electrons. The van der Waals surface area contributed by atoms with Crippen LogP contribution in [-0.4, -0.2) is 18.5 Å². The summed E-state index contributed by atoms with van der Waals surface area (Å²) in [5, 5.41) is 6.36. The maximum atomic E-state index is 11.5. The second-order valence-electron chi connectivity index (χ2n) is 4.82. The Bertz CT molecular complexity index is 418. The molecule has 1 fully saturated rings. The van der Waals surface area contributed by atoms with Crippen LogP contribution in [0.25, 0.3) is 0 Å². The van der Waals surface area contributed by atoms with Gasteiger partial charge in [0.05, 0.1) is 0 Å². The molecular weight excluding hydrogens is 292 g/mol. The lowest BCUT2D eigenvalue weighted by Crippen LogP contribution is -2.30. The van der Waals surface area contributed by atoms with Crippen LogP contribution in [0.15, 0.2) is 28.7 Å². The summed E-state index contributed by atoms with van der Waals surface area (Å²) in [6, 6.07) is 8.95. The van der Waals surface area contributed by atoms with E-state index in [-0.39, 0.29) is 11.9 Å². The van der Waals surface area contributed by atoms with Gasteiger partial charge in [-0.15, -0.1) is 0 Å². The molecule has 0 bridgehead atoms. The van der Waals surface area contributed by atoms with Crippen LogP contribution < -0.4 is 10.6 Å². The number of carbonyl (C=O) groups excluding carboxylic acids is 1. The largest absolute Gasteiger partial charge is 0.353 e. The normalized spacial score (nSPS) is 16.3. The van der Waals surface area contributed by atoms with Crippen LogP contribution in [0.5, 0.6) is 0 Å². The van der Waals surface area contributed by atoms with Gasteiger partial charge in [-0.25, -0.2) is 0 Å². The second kappa shape index (κ2) is 6.34. The zero-order valence-corrected chi connectivity index (χ0v) is 12.2. The maximum absolute atomic E-state index is 11.5.